The number of halogens is 1. The molecular formula is C9H9ClN4OS. The predicted octanol–water partition coefficient (Wildman–Crippen LogP) is 2.01. The van der Waals surface area contributed by atoms with Crippen molar-refractivity contribution in [3.05, 3.63) is 33.2 Å². The van der Waals surface area contributed by atoms with Gasteiger partial charge in [-0.25, -0.2) is 0 Å². The Morgan fingerprint density at radius 2 is 2.44 bits per heavy atom. The molecule has 7 heteroatoms. The lowest BCUT2D eigenvalue weighted by Gasteiger charge is -2.10. The van der Waals surface area contributed by atoms with Crippen molar-refractivity contribution >= 4 is 28.8 Å². The van der Waals surface area contributed by atoms with E-state index in [1.807, 2.05) is 13.0 Å². The molecule has 1 atom stereocenters. The molecule has 0 aliphatic carbocycles. The van der Waals surface area contributed by atoms with E-state index in [0.29, 0.717) is 4.34 Å². The molecular weight excluding hydrogens is 248 g/mol. The van der Waals surface area contributed by atoms with Crippen molar-refractivity contribution < 1.29 is 4.79 Å². The van der Waals surface area contributed by atoms with Crippen molar-refractivity contribution in [2.24, 2.45) is 0 Å². The zero-order valence-electron chi connectivity index (χ0n) is 8.40. The van der Waals surface area contributed by atoms with Crippen LogP contribution in [0.25, 0.3) is 0 Å². The van der Waals surface area contributed by atoms with Crippen LogP contribution in [0.4, 0.5) is 0 Å². The zero-order chi connectivity index (χ0) is 11.5. The number of aromatic amines is 1. The highest BCUT2D eigenvalue weighted by Crippen LogP contribution is 2.26. The fourth-order valence-corrected chi connectivity index (χ4v) is 2.28. The smallest absolute Gasteiger partial charge is 0.273 e. The second kappa shape index (κ2) is 4.63. The third-order valence-electron chi connectivity index (χ3n) is 2.02. The predicted molar refractivity (Wildman–Crippen MR) is 61.6 cm³/mol. The molecule has 0 aromatic carbocycles. The van der Waals surface area contributed by atoms with Gasteiger partial charge in [0.2, 0.25) is 0 Å². The van der Waals surface area contributed by atoms with Gasteiger partial charge in [0, 0.05) is 4.88 Å². The summed E-state index contributed by atoms with van der Waals surface area (Å²) in [6.45, 7) is 1.89. The van der Waals surface area contributed by atoms with Crippen LogP contribution >= 0.6 is 22.9 Å². The van der Waals surface area contributed by atoms with Crippen LogP contribution in [0.5, 0.6) is 0 Å². The van der Waals surface area contributed by atoms with Gasteiger partial charge in [-0.15, -0.1) is 11.3 Å². The average Bonchev–Trinajstić information content (AvgIpc) is 2.87. The number of aromatic nitrogens is 3. The van der Waals surface area contributed by atoms with Gasteiger partial charge in [-0.3, -0.25) is 4.79 Å². The topological polar surface area (TPSA) is 70.7 Å². The Balaban J connectivity index is 2.03. The minimum Gasteiger partial charge on any atom is -0.343 e. The van der Waals surface area contributed by atoms with Crippen LogP contribution in [0, 0.1) is 0 Å². The van der Waals surface area contributed by atoms with Gasteiger partial charge in [0.1, 0.15) is 0 Å². The molecule has 2 N–H and O–H groups in total. The number of carbonyl (C=O) groups excluding carboxylic acids is 1. The van der Waals surface area contributed by atoms with Crippen molar-refractivity contribution in [3.8, 4) is 0 Å². The molecule has 5 nitrogen and oxygen atoms in total. The van der Waals surface area contributed by atoms with Crippen LogP contribution in [0.15, 0.2) is 18.3 Å². The fraction of sp³-hybridized carbons (Fsp3) is 0.222. The van der Waals surface area contributed by atoms with Crippen molar-refractivity contribution in [1.29, 1.82) is 0 Å². The van der Waals surface area contributed by atoms with Gasteiger partial charge in [-0.2, -0.15) is 15.4 Å². The summed E-state index contributed by atoms with van der Waals surface area (Å²) in [5.74, 6) is -0.259. The SMILES string of the molecule is CC(NC(=O)c1cn[nH]n1)c1ccc(Cl)s1. The molecule has 2 heterocycles. The Labute approximate surface area is 101 Å². The van der Waals surface area contributed by atoms with Gasteiger partial charge < -0.3 is 5.32 Å². The first-order valence-electron chi connectivity index (χ1n) is 4.58. The van der Waals surface area contributed by atoms with Gasteiger partial charge >= 0.3 is 0 Å². The van der Waals surface area contributed by atoms with Gasteiger partial charge in [0.05, 0.1) is 16.6 Å². The summed E-state index contributed by atoms with van der Waals surface area (Å²) in [6.07, 6.45) is 1.38. The maximum Gasteiger partial charge on any atom is 0.273 e. The lowest BCUT2D eigenvalue weighted by molar-refractivity contribution is 0.0935. The van der Waals surface area contributed by atoms with E-state index in [9.17, 15) is 4.79 Å². The third kappa shape index (κ3) is 2.40. The lowest BCUT2D eigenvalue weighted by atomic mass is 10.2. The number of nitrogens with one attached hydrogen (secondary N) is 2. The van der Waals surface area contributed by atoms with Gasteiger partial charge in [-0.1, -0.05) is 11.6 Å². The molecule has 2 aromatic rings. The first-order chi connectivity index (χ1) is 7.66. The summed E-state index contributed by atoms with van der Waals surface area (Å²) >= 11 is 7.26. The Kier molecular flexibility index (Phi) is 3.21. The monoisotopic (exact) mass is 256 g/mol. The summed E-state index contributed by atoms with van der Waals surface area (Å²) in [4.78, 5) is 12.6. The number of H-pyrrole nitrogens is 1. The second-order valence-electron chi connectivity index (χ2n) is 3.19. The van der Waals surface area contributed by atoms with Gasteiger partial charge in [0.25, 0.3) is 5.91 Å². The average molecular weight is 257 g/mol. The zero-order valence-corrected chi connectivity index (χ0v) is 9.97. The Bertz CT molecular complexity index is 481. The molecule has 0 aliphatic rings. The van der Waals surface area contributed by atoms with Gasteiger partial charge in [-0.05, 0) is 19.1 Å². The van der Waals surface area contributed by atoms with E-state index in [0.717, 1.165) is 4.88 Å². The van der Waals surface area contributed by atoms with Crippen LogP contribution in [-0.2, 0) is 0 Å². The first kappa shape index (κ1) is 11.1. The number of thiophene rings is 1. The number of amides is 1. The van der Waals surface area contributed by atoms with Crippen LogP contribution in [0.1, 0.15) is 28.3 Å². The quantitative estimate of drug-likeness (QED) is 0.883. The number of rotatable bonds is 3. The highest BCUT2D eigenvalue weighted by molar-refractivity contribution is 7.16. The highest BCUT2D eigenvalue weighted by Gasteiger charge is 2.14. The molecule has 84 valence electrons. The van der Waals surface area contributed by atoms with Crippen LogP contribution in [0.2, 0.25) is 4.34 Å². The van der Waals surface area contributed by atoms with E-state index in [-0.39, 0.29) is 17.6 Å². The summed E-state index contributed by atoms with van der Waals surface area (Å²) in [6, 6.07) is 3.60. The minimum absolute atomic E-state index is 0.0956. The summed E-state index contributed by atoms with van der Waals surface area (Å²) < 4.78 is 0.706. The molecule has 0 saturated heterocycles. The molecule has 0 spiro atoms. The van der Waals surface area contributed by atoms with Crippen molar-refractivity contribution in [1.82, 2.24) is 20.7 Å². The molecule has 1 amide bonds. The maximum atomic E-state index is 11.6. The molecule has 16 heavy (non-hydrogen) atoms. The number of hydrogen-bond donors (Lipinski definition) is 2. The molecule has 0 saturated carbocycles. The molecule has 2 rings (SSSR count). The van der Waals surface area contributed by atoms with Gasteiger partial charge in [0.15, 0.2) is 5.69 Å². The highest BCUT2D eigenvalue weighted by atomic mass is 35.5. The summed E-state index contributed by atoms with van der Waals surface area (Å²) in [5.41, 5.74) is 0.273. The van der Waals surface area contributed by atoms with Crippen LogP contribution in [-0.4, -0.2) is 21.3 Å². The number of hydrogen-bond acceptors (Lipinski definition) is 4. The minimum atomic E-state index is -0.259. The molecule has 2 aromatic heterocycles. The molecule has 0 radical (unpaired) electrons. The Morgan fingerprint density at radius 3 is 3.00 bits per heavy atom. The third-order valence-corrected chi connectivity index (χ3v) is 3.43. The molecule has 0 aliphatic heterocycles. The molecule has 1 unspecified atom stereocenters. The van der Waals surface area contributed by atoms with Crippen LogP contribution in [0.3, 0.4) is 0 Å². The molecule has 0 fully saturated rings. The van der Waals surface area contributed by atoms with E-state index in [1.54, 1.807) is 6.07 Å². The standard InChI is InChI=1S/C9H9ClN4OS/c1-5(7-2-3-8(10)16-7)12-9(15)6-4-11-14-13-6/h2-5H,1H3,(H,12,15)(H,11,13,14). The number of carbonyl (C=O) groups is 1. The maximum absolute atomic E-state index is 11.6. The van der Waals surface area contributed by atoms with E-state index in [4.69, 9.17) is 11.6 Å². The Morgan fingerprint density at radius 1 is 1.62 bits per heavy atom. The fourth-order valence-electron chi connectivity index (χ4n) is 1.21. The van der Waals surface area contributed by atoms with E-state index < -0.39 is 0 Å². The van der Waals surface area contributed by atoms with E-state index >= 15 is 0 Å². The molecule has 0 bridgehead atoms. The van der Waals surface area contributed by atoms with Crippen LogP contribution < -0.4 is 5.32 Å². The first-order valence-corrected chi connectivity index (χ1v) is 5.78. The summed E-state index contributed by atoms with van der Waals surface area (Å²) in [5, 5.41) is 12.5. The second-order valence-corrected chi connectivity index (χ2v) is 4.94. The lowest BCUT2D eigenvalue weighted by Crippen LogP contribution is -2.26. The van der Waals surface area contributed by atoms with Crippen molar-refractivity contribution in [2.45, 2.75) is 13.0 Å². The van der Waals surface area contributed by atoms with Crippen molar-refractivity contribution in [3.63, 3.8) is 0 Å². The van der Waals surface area contributed by atoms with E-state index in [2.05, 4.69) is 20.7 Å². The van der Waals surface area contributed by atoms with Crippen molar-refractivity contribution in [2.75, 3.05) is 0 Å². The van der Waals surface area contributed by atoms with E-state index in [1.165, 1.54) is 17.5 Å². The number of nitrogens with zero attached hydrogens (tertiary/aromatic N) is 2. The summed E-state index contributed by atoms with van der Waals surface area (Å²) in [7, 11) is 0. The largest absolute Gasteiger partial charge is 0.343 e. The normalized spacial score (nSPS) is 12.4. The Hall–Kier alpha value is -1.40.